The van der Waals surface area contributed by atoms with Crippen LogP contribution in [0.4, 0.5) is 11.4 Å². The lowest BCUT2D eigenvalue weighted by Crippen LogP contribution is -2.04. The highest BCUT2D eigenvalue weighted by Gasteiger charge is 2.03. The zero-order valence-corrected chi connectivity index (χ0v) is 10.7. The first-order valence-electron chi connectivity index (χ1n) is 5.92. The minimum absolute atomic E-state index is 0.687. The molecule has 0 fully saturated rings. The molecule has 0 aliphatic heterocycles. The Balaban J connectivity index is 2.13. The second-order valence-corrected chi connectivity index (χ2v) is 4.26. The first-order chi connectivity index (χ1) is 8.70. The third-order valence-electron chi connectivity index (χ3n) is 2.88. The zero-order chi connectivity index (χ0) is 13.0. The summed E-state index contributed by atoms with van der Waals surface area (Å²) in [6.45, 7) is 2.73. The summed E-state index contributed by atoms with van der Waals surface area (Å²) in [7, 11) is 1.68. The Labute approximate surface area is 108 Å². The third kappa shape index (κ3) is 2.74. The van der Waals surface area contributed by atoms with Crippen LogP contribution in [0, 0.1) is 6.92 Å². The Kier molecular flexibility index (Phi) is 3.72. The van der Waals surface area contributed by atoms with Crippen molar-refractivity contribution < 1.29 is 4.74 Å². The summed E-state index contributed by atoms with van der Waals surface area (Å²) in [5, 5.41) is 3.34. The van der Waals surface area contributed by atoms with E-state index >= 15 is 0 Å². The van der Waals surface area contributed by atoms with Crippen LogP contribution < -0.4 is 15.8 Å². The third-order valence-corrected chi connectivity index (χ3v) is 2.88. The number of nitrogens with one attached hydrogen (secondary N) is 1. The van der Waals surface area contributed by atoms with E-state index < -0.39 is 0 Å². The van der Waals surface area contributed by atoms with Crippen molar-refractivity contribution in [3.8, 4) is 5.75 Å². The molecule has 0 aliphatic carbocycles. The standard InChI is InChI=1S/C15H18N2O/c1-11-7-8-14(15(9-11)18-2)17-10-12-5-3-4-6-13(12)16/h3-9,17H,10,16H2,1-2H3. The SMILES string of the molecule is COc1cc(C)ccc1NCc1ccccc1N. The van der Waals surface area contributed by atoms with Crippen LogP contribution in [0.3, 0.4) is 0 Å². The summed E-state index contributed by atoms with van der Waals surface area (Å²) in [5.41, 5.74) is 9.95. The smallest absolute Gasteiger partial charge is 0.142 e. The van der Waals surface area contributed by atoms with Gasteiger partial charge in [-0.2, -0.15) is 0 Å². The molecule has 2 aromatic carbocycles. The monoisotopic (exact) mass is 242 g/mol. The Morgan fingerprint density at radius 1 is 1.17 bits per heavy atom. The van der Waals surface area contributed by atoms with Crippen LogP contribution in [0.15, 0.2) is 42.5 Å². The van der Waals surface area contributed by atoms with E-state index in [1.807, 2.05) is 43.3 Å². The largest absolute Gasteiger partial charge is 0.495 e. The van der Waals surface area contributed by atoms with E-state index in [-0.39, 0.29) is 0 Å². The van der Waals surface area contributed by atoms with Crippen molar-refractivity contribution in [1.82, 2.24) is 0 Å². The van der Waals surface area contributed by atoms with Crippen LogP contribution in [0.25, 0.3) is 0 Å². The average Bonchev–Trinajstić information content (AvgIpc) is 2.39. The number of hydrogen-bond acceptors (Lipinski definition) is 3. The number of hydrogen-bond donors (Lipinski definition) is 2. The summed E-state index contributed by atoms with van der Waals surface area (Å²) in [4.78, 5) is 0. The predicted molar refractivity (Wildman–Crippen MR) is 75.9 cm³/mol. The number of rotatable bonds is 4. The van der Waals surface area contributed by atoms with Crippen LogP contribution in [0.1, 0.15) is 11.1 Å². The van der Waals surface area contributed by atoms with E-state index in [0.29, 0.717) is 6.54 Å². The van der Waals surface area contributed by atoms with Crippen molar-refractivity contribution in [2.24, 2.45) is 0 Å². The van der Waals surface area contributed by atoms with Gasteiger partial charge in [-0.25, -0.2) is 0 Å². The van der Waals surface area contributed by atoms with Gasteiger partial charge >= 0.3 is 0 Å². The van der Waals surface area contributed by atoms with E-state index in [9.17, 15) is 0 Å². The van der Waals surface area contributed by atoms with Gasteiger partial charge in [-0.3, -0.25) is 0 Å². The van der Waals surface area contributed by atoms with Crippen LogP contribution in [0.5, 0.6) is 5.75 Å². The summed E-state index contributed by atoms with van der Waals surface area (Å²) >= 11 is 0. The van der Waals surface area contributed by atoms with Crippen molar-refractivity contribution in [2.45, 2.75) is 13.5 Å². The summed E-state index contributed by atoms with van der Waals surface area (Å²) < 4.78 is 5.35. The molecule has 3 heteroatoms. The minimum atomic E-state index is 0.687. The maximum absolute atomic E-state index is 5.91. The Bertz CT molecular complexity index is 538. The molecule has 0 radical (unpaired) electrons. The normalized spacial score (nSPS) is 10.1. The van der Waals surface area contributed by atoms with Gasteiger partial charge in [0, 0.05) is 12.2 Å². The summed E-state index contributed by atoms with van der Waals surface area (Å²) in [5.74, 6) is 0.851. The van der Waals surface area contributed by atoms with Gasteiger partial charge in [-0.1, -0.05) is 24.3 Å². The molecule has 0 heterocycles. The quantitative estimate of drug-likeness (QED) is 0.809. The number of benzene rings is 2. The van der Waals surface area contributed by atoms with Gasteiger partial charge in [-0.15, -0.1) is 0 Å². The number of para-hydroxylation sites is 1. The lowest BCUT2D eigenvalue weighted by molar-refractivity contribution is 0.416. The number of aryl methyl sites for hydroxylation is 1. The Morgan fingerprint density at radius 2 is 1.94 bits per heavy atom. The zero-order valence-electron chi connectivity index (χ0n) is 10.7. The second-order valence-electron chi connectivity index (χ2n) is 4.26. The van der Waals surface area contributed by atoms with Crippen LogP contribution in [0.2, 0.25) is 0 Å². The Morgan fingerprint density at radius 3 is 2.67 bits per heavy atom. The van der Waals surface area contributed by atoms with Gasteiger partial charge in [0.1, 0.15) is 5.75 Å². The molecule has 0 aromatic heterocycles. The average molecular weight is 242 g/mol. The number of ether oxygens (including phenoxy) is 1. The van der Waals surface area contributed by atoms with E-state index in [1.165, 1.54) is 5.56 Å². The predicted octanol–water partition coefficient (Wildman–Crippen LogP) is 3.20. The maximum atomic E-state index is 5.91. The lowest BCUT2D eigenvalue weighted by Gasteiger charge is -2.12. The molecule has 94 valence electrons. The maximum Gasteiger partial charge on any atom is 0.142 e. The van der Waals surface area contributed by atoms with Crippen molar-refractivity contribution in [1.29, 1.82) is 0 Å². The van der Waals surface area contributed by atoms with E-state index in [1.54, 1.807) is 7.11 Å². The van der Waals surface area contributed by atoms with E-state index in [2.05, 4.69) is 11.4 Å². The molecular formula is C15H18N2O. The van der Waals surface area contributed by atoms with Crippen molar-refractivity contribution in [3.63, 3.8) is 0 Å². The molecule has 0 spiro atoms. The van der Waals surface area contributed by atoms with Gasteiger partial charge < -0.3 is 15.8 Å². The number of nitrogen functional groups attached to an aromatic ring is 1. The van der Waals surface area contributed by atoms with Gasteiger partial charge in [0.2, 0.25) is 0 Å². The number of nitrogens with two attached hydrogens (primary N) is 1. The molecule has 3 nitrogen and oxygen atoms in total. The summed E-state index contributed by atoms with van der Waals surface area (Å²) in [6, 6.07) is 13.9. The van der Waals surface area contributed by atoms with Gasteiger partial charge in [-0.05, 0) is 36.2 Å². The fourth-order valence-electron chi connectivity index (χ4n) is 1.83. The van der Waals surface area contributed by atoms with Gasteiger partial charge in [0.15, 0.2) is 0 Å². The highest BCUT2D eigenvalue weighted by Crippen LogP contribution is 2.26. The van der Waals surface area contributed by atoms with Crippen molar-refractivity contribution >= 4 is 11.4 Å². The van der Waals surface area contributed by atoms with E-state index in [4.69, 9.17) is 10.5 Å². The first kappa shape index (κ1) is 12.3. The van der Waals surface area contributed by atoms with Crippen LogP contribution >= 0.6 is 0 Å². The fourth-order valence-corrected chi connectivity index (χ4v) is 1.83. The molecule has 0 saturated carbocycles. The molecule has 2 aromatic rings. The Hall–Kier alpha value is -2.16. The van der Waals surface area contributed by atoms with Gasteiger partial charge in [0.05, 0.1) is 12.8 Å². The molecule has 3 N–H and O–H groups in total. The van der Waals surface area contributed by atoms with Crippen molar-refractivity contribution in [2.75, 3.05) is 18.2 Å². The highest BCUT2D eigenvalue weighted by molar-refractivity contribution is 5.59. The molecule has 0 saturated heterocycles. The molecule has 0 bridgehead atoms. The number of methoxy groups -OCH3 is 1. The lowest BCUT2D eigenvalue weighted by atomic mass is 10.1. The molecule has 2 rings (SSSR count). The fraction of sp³-hybridized carbons (Fsp3) is 0.200. The molecular weight excluding hydrogens is 224 g/mol. The van der Waals surface area contributed by atoms with Gasteiger partial charge in [0.25, 0.3) is 0 Å². The van der Waals surface area contributed by atoms with Crippen LogP contribution in [-0.2, 0) is 6.54 Å². The molecule has 0 aliphatic rings. The second kappa shape index (κ2) is 5.45. The summed E-state index contributed by atoms with van der Waals surface area (Å²) in [6.07, 6.45) is 0. The molecule has 0 amide bonds. The number of anilines is 2. The van der Waals surface area contributed by atoms with E-state index in [0.717, 1.165) is 22.7 Å². The van der Waals surface area contributed by atoms with Crippen LogP contribution in [-0.4, -0.2) is 7.11 Å². The first-order valence-corrected chi connectivity index (χ1v) is 5.92. The highest BCUT2D eigenvalue weighted by atomic mass is 16.5. The molecule has 0 atom stereocenters. The topological polar surface area (TPSA) is 47.3 Å². The minimum Gasteiger partial charge on any atom is -0.495 e. The van der Waals surface area contributed by atoms with Crippen molar-refractivity contribution in [3.05, 3.63) is 53.6 Å². The molecule has 18 heavy (non-hydrogen) atoms. The molecule has 0 unspecified atom stereocenters.